The number of fused-ring (bicyclic) bond motifs is 1. The van der Waals surface area contributed by atoms with Crippen LogP contribution in [0.3, 0.4) is 0 Å². The summed E-state index contributed by atoms with van der Waals surface area (Å²) in [6.45, 7) is 2.68. The minimum Gasteiger partial charge on any atom is -0.351 e. The van der Waals surface area contributed by atoms with Crippen molar-refractivity contribution < 1.29 is 8.42 Å². The molecule has 0 amide bonds. The average molecular weight is 391 g/mol. The molecule has 2 aliphatic heterocycles. The molecule has 0 aromatic heterocycles. The topological polar surface area (TPSA) is 73.8 Å². The molecule has 0 bridgehead atoms. The molecule has 2 aliphatic rings. The van der Waals surface area contributed by atoms with E-state index < -0.39 is 10.0 Å². The van der Waals surface area contributed by atoms with Gasteiger partial charge in [-0.05, 0) is 30.2 Å². The summed E-state index contributed by atoms with van der Waals surface area (Å²) in [4.78, 5) is 2.45. The van der Waals surface area contributed by atoms with E-state index in [1.54, 1.807) is 12.1 Å². The van der Waals surface area contributed by atoms with E-state index in [-0.39, 0.29) is 16.9 Å². The Bertz CT molecular complexity index is 947. The molecular formula is C18H19ClN4O2S. The van der Waals surface area contributed by atoms with Crippen molar-refractivity contribution in [2.45, 2.75) is 23.9 Å². The van der Waals surface area contributed by atoms with Gasteiger partial charge in [-0.3, -0.25) is 4.90 Å². The van der Waals surface area contributed by atoms with Gasteiger partial charge < -0.3 is 10.6 Å². The lowest BCUT2D eigenvalue weighted by atomic mass is 10.2. The van der Waals surface area contributed by atoms with Gasteiger partial charge in [-0.1, -0.05) is 41.9 Å². The van der Waals surface area contributed by atoms with Crippen LogP contribution in [0.2, 0.25) is 5.02 Å². The second-order valence-corrected chi connectivity index (χ2v) is 8.54. The third kappa shape index (κ3) is 3.70. The number of likely N-dealkylation sites (tertiary alicyclic amines) is 1. The maximum absolute atomic E-state index is 12.4. The zero-order valence-electron chi connectivity index (χ0n) is 14.0. The van der Waals surface area contributed by atoms with Crippen LogP contribution in [0.15, 0.2) is 57.8 Å². The van der Waals surface area contributed by atoms with Gasteiger partial charge in [0.2, 0.25) is 5.96 Å². The highest BCUT2D eigenvalue weighted by Crippen LogP contribution is 2.29. The molecule has 0 radical (unpaired) electrons. The number of nitrogens with one attached hydrogen (secondary N) is 2. The first-order chi connectivity index (χ1) is 12.5. The number of halogens is 1. The fourth-order valence-electron chi connectivity index (χ4n) is 3.32. The predicted molar refractivity (Wildman–Crippen MR) is 103 cm³/mol. The van der Waals surface area contributed by atoms with Crippen molar-refractivity contribution in [3.05, 3.63) is 59.1 Å². The molecule has 6 nitrogen and oxygen atoms in total. The van der Waals surface area contributed by atoms with E-state index in [0.29, 0.717) is 10.7 Å². The fraction of sp³-hybridized carbons (Fsp3) is 0.278. The minimum absolute atomic E-state index is 0.104. The van der Waals surface area contributed by atoms with Gasteiger partial charge >= 0.3 is 0 Å². The molecule has 2 N–H and O–H groups in total. The fourth-order valence-corrected chi connectivity index (χ4v) is 4.67. The summed E-state index contributed by atoms with van der Waals surface area (Å²) < 4.78 is 28.6. The summed E-state index contributed by atoms with van der Waals surface area (Å²) >= 11 is 5.90. The molecule has 0 aliphatic carbocycles. The highest BCUT2D eigenvalue weighted by atomic mass is 35.5. The maximum atomic E-state index is 12.4. The first-order valence-corrected chi connectivity index (χ1v) is 10.3. The van der Waals surface area contributed by atoms with Gasteiger partial charge in [0.15, 0.2) is 0 Å². The number of anilines is 1. The SMILES string of the molecule is O=S1(=O)N=C(NC2CCN(Cc3ccccc3)C2)Nc2ccc(Cl)cc21. The number of hydrogen-bond donors (Lipinski definition) is 2. The molecule has 1 atom stereocenters. The summed E-state index contributed by atoms with van der Waals surface area (Å²) in [5, 5.41) is 6.65. The lowest BCUT2D eigenvalue weighted by molar-refractivity contribution is 0.324. The summed E-state index contributed by atoms with van der Waals surface area (Å²) in [5.74, 6) is 0.270. The van der Waals surface area contributed by atoms with E-state index in [4.69, 9.17) is 11.6 Å². The van der Waals surface area contributed by atoms with Crippen LogP contribution in [0.25, 0.3) is 0 Å². The van der Waals surface area contributed by atoms with Gasteiger partial charge in [-0.2, -0.15) is 8.42 Å². The third-order valence-electron chi connectivity index (χ3n) is 4.55. The second-order valence-electron chi connectivity index (χ2n) is 6.53. The lowest BCUT2D eigenvalue weighted by Crippen LogP contribution is -2.42. The number of hydrogen-bond acceptors (Lipinski definition) is 5. The van der Waals surface area contributed by atoms with Gasteiger partial charge in [0.05, 0.1) is 5.69 Å². The first-order valence-electron chi connectivity index (χ1n) is 8.44. The smallest absolute Gasteiger partial charge is 0.287 e. The zero-order chi connectivity index (χ0) is 18.1. The van der Waals surface area contributed by atoms with Crippen LogP contribution in [0.4, 0.5) is 5.69 Å². The Morgan fingerprint density at radius 1 is 1.23 bits per heavy atom. The third-order valence-corrected chi connectivity index (χ3v) is 6.10. The highest BCUT2D eigenvalue weighted by Gasteiger charge is 2.28. The number of nitrogens with zero attached hydrogens (tertiary/aromatic N) is 2. The van der Waals surface area contributed by atoms with Crippen LogP contribution in [0.5, 0.6) is 0 Å². The van der Waals surface area contributed by atoms with Crippen LogP contribution in [-0.4, -0.2) is 38.4 Å². The quantitative estimate of drug-likeness (QED) is 0.842. The zero-order valence-corrected chi connectivity index (χ0v) is 15.6. The van der Waals surface area contributed by atoms with Gasteiger partial charge in [0, 0.05) is 30.7 Å². The molecular weight excluding hydrogens is 372 g/mol. The van der Waals surface area contributed by atoms with Gasteiger partial charge in [0.1, 0.15) is 4.90 Å². The first kappa shape index (κ1) is 17.3. The molecule has 26 heavy (non-hydrogen) atoms. The Labute approximate surface area is 157 Å². The Kier molecular flexibility index (Phi) is 4.60. The molecule has 2 aromatic rings. The molecule has 2 aromatic carbocycles. The molecule has 8 heteroatoms. The number of rotatable bonds is 3. The van der Waals surface area contributed by atoms with Gasteiger partial charge in [-0.15, -0.1) is 4.40 Å². The van der Waals surface area contributed by atoms with Crippen molar-refractivity contribution in [3.8, 4) is 0 Å². The van der Waals surface area contributed by atoms with Gasteiger partial charge in [0.25, 0.3) is 10.0 Å². The number of benzene rings is 2. The highest BCUT2D eigenvalue weighted by molar-refractivity contribution is 7.90. The molecule has 2 heterocycles. The van der Waals surface area contributed by atoms with Crippen LogP contribution in [0.1, 0.15) is 12.0 Å². The molecule has 4 rings (SSSR count). The van der Waals surface area contributed by atoms with Crippen LogP contribution >= 0.6 is 11.6 Å². The van der Waals surface area contributed by atoms with Crippen molar-refractivity contribution in [2.75, 3.05) is 18.4 Å². The maximum Gasteiger partial charge on any atom is 0.287 e. The Morgan fingerprint density at radius 2 is 2.04 bits per heavy atom. The van der Waals surface area contributed by atoms with Crippen molar-refractivity contribution in [1.82, 2.24) is 10.2 Å². The standard InChI is InChI=1S/C18H19ClN4O2S/c19-14-6-7-16-17(10-14)26(24,25)22-18(21-16)20-15-8-9-23(12-15)11-13-4-2-1-3-5-13/h1-7,10,15H,8-9,11-12H2,(H2,20,21,22). The molecule has 136 valence electrons. The minimum atomic E-state index is -3.75. The molecule has 1 saturated heterocycles. The van der Waals surface area contributed by atoms with Gasteiger partial charge in [-0.25, -0.2) is 0 Å². The van der Waals surface area contributed by atoms with Crippen LogP contribution in [0, 0.1) is 0 Å². The van der Waals surface area contributed by atoms with Crippen LogP contribution in [-0.2, 0) is 16.6 Å². The second kappa shape index (κ2) is 6.90. The van der Waals surface area contributed by atoms with Crippen molar-refractivity contribution in [1.29, 1.82) is 0 Å². The molecule has 1 unspecified atom stereocenters. The summed E-state index contributed by atoms with van der Waals surface area (Å²) in [7, 11) is -3.75. The van der Waals surface area contributed by atoms with E-state index >= 15 is 0 Å². The van der Waals surface area contributed by atoms with E-state index in [0.717, 1.165) is 26.1 Å². The summed E-state index contributed by atoms with van der Waals surface area (Å²) in [5.41, 5.74) is 1.76. The number of sulfonamides is 1. The molecule has 1 fully saturated rings. The Balaban J connectivity index is 1.43. The van der Waals surface area contributed by atoms with Crippen molar-refractivity contribution >= 4 is 33.3 Å². The Hall–Kier alpha value is -2.09. The van der Waals surface area contributed by atoms with Crippen molar-refractivity contribution in [2.24, 2.45) is 4.40 Å². The summed E-state index contributed by atoms with van der Waals surface area (Å²) in [6, 6.07) is 15.2. The Morgan fingerprint density at radius 3 is 2.85 bits per heavy atom. The predicted octanol–water partition coefficient (Wildman–Crippen LogP) is 2.67. The lowest BCUT2D eigenvalue weighted by Gasteiger charge is -2.22. The van der Waals surface area contributed by atoms with Crippen molar-refractivity contribution in [3.63, 3.8) is 0 Å². The van der Waals surface area contributed by atoms with E-state index in [9.17, 15) is 8.42 Å². The molecule has 0 spiro atoms. The molecule has 0 saturated carbocycles. The largest absolute Gasteiger partial charge is 0.351 e. The summed E-state index contributed by atoms with van der Waals surface area (Å²) in [6.07, 6.45) is 0.932. The van der Waals surface area contributed by atoms with E-state index in [2.05, 4.69) is 32.1 Å². The average Bonchev–Trinajstić information content (AvgIpc) is 3.03. The van der Waals surface area contributed by atoms with E-state index in [1.165, 1.54) is 11.6 Å². The van der Waals surface area contributed by atoms with E-state index in [1.807, 2.05) is 18.2 Å². The monoisotopic (exact) mass is 390 g/mol. The normalized spacial score (nSPS) is 21.6. The number of guanidine groups is 1. The van der Waals surface area contributed by atoms with Crippen LogP contribution < -0.4 is 10.6 Å².